The average Bonchev–Trinajstić information content (AvgIpc) is 2.97. The van der Waals surface area contributed by atoms with Gasteiger partial charge in [0, 0.05) is 18.0 Å². The van der Waals surface area contributed by atoms with Gasteiger partial charge in [0.15, 0.2) is 0 Å². The average molecular weight is 210 g/mol. The third kappa shape index (κ3) is 1.62. The molecule has 0 saturated heterocycles. The minimum atomic E-state index is 0.120. The Bertz CT molecular complexity index is 364. The molecule has 1 saturated carbocycles. The highest BCUT2D eigenvalue weighted by Gasteiger charge is 2.44. The van der Waals surface area contributed by atoms with Crippen LogP contribution in [0.5, 0.6) is 0 Å². The van der Waals surface area contributed by atoms with Crippen LogP contribution in [0.15, 0.2) is 24.3 Å². The summed E-state index contributed by atoms with van der Waals surface area (Å²) < 4.78 is 0. The van der Waals surface area contributed by atoms with Crippen LogP contribution < -0.4 is 5.32 Å². The van der Waals surface area contributed by atoms with E-state index in [4.69, 9.17) is 11.6 Å². The number of nitrogens with one attached hydrogen (secondary N) is 1. The van der Waals surface area contributed by atoms with Crippen LogP contribution in [0.2, 0.25) is 5.02 Å². The van der Waals surface area contributed by atoms with E-state index in [1.165, 1.54) is 0 Å². The van der Waals surface area contributed by atoms with Crippen LogP contribution >= 0.6 is 11.6 Å². The first kappa shape index (κ1) is 9.53. The van der Waals surface area contributed by atoms with Gasteiger partial charge in [-0.05, 0) is 24.0 Å². The third-order valence-electron chi connectivity index (χ3n) is 2.68. The standard InChI is InChI=1S/C11H12ClNO/c1-13-11(14)9-6-8(9)7-4-2-3-5-10(7)12/h2-5,8-9H,6H2,1H3,(H,13,14). The third-order valence-corrected chi connectivity index (χ3v) is 3.02. The number of rotatable bonds is 2. The molecule has 0 bridgehead atoms. The van der Waals surface area contributed by atoms with Crippen molar-refractivity contribution in [1.29, 1.82) is 0 Å². The highest BCUT2D eigenvalue weighted by Crippen LogP contribution is 2.49. The molecule has 2 unspecified atom stereocenters. The van der Waals surface area contributed by atoms with Gasteiger partial charge < -0.3 is 5.32 Å². The zero-order chi connectivity index (χ0) is 10.1. The van der Waals surface area contributed by atoms with Crippen molar-refractivity contribution in [1.82, 2.24) is 5.32 Å². The van der Waals surface area contributed by atoms with Gasteiger partial charge in [0.25, 0.3) is 0 Å². The van der Waals surface area contributed by atoms with Gasteiger partial charge in [-0.2, -0.15) is 0 Å². The van der Waals surface area contributed by atoms with E-state index in [1.807, 2.05) is 24.3 Å². The van der Waals surface area contributed by atoms with Crippen molar-refractivity contribution >= 4 is 17.5 Å². The monoisotopic (exact) mass is 209 g/mol. The summed E-state index contributed by atoms with van der Waals surface area (Å²) in [5, 5.41) is 3.43. The Hall–Kier alpha value is -1.02. The first-order valence-corrected chi connectivity index (χ1v) is 5.08. The van der Waals surface area contributed by atoms with Crippen molar-refractivity contribution in [2.75, 3.05) is 7.05 Å². The molecule has 1 fully saturated rings. The topological polar surface area (TPSA) is 29.1 Å². The maximum atomic E-state index is 11.3. The summed E-state index contributed by atoms with van der Waals surface area (Å²) in [4.78, 5) is 11.3. The molecule has 2 rings (SSSR count). The molecule has 1 N–H and O–H groups in total. The van der Waals surface area contributed by atoms with Gasteiger partial charge in [0.1, 0.15) is 0 Å². The van der Waals surface area contributed by atoms with Crippen molar-refractivity contribution in [3.05, 3.63) is 34.9 Å². The molecule has 1 aliphatic carbocycles. The molecule has 1 amide bonds. The summed E-state index contributed by atoms with van der Waals surface area (Å²) in [6, 6.07) is 7.73. The minimum Gasteiger partial charge on any atom is -0.359 e. The molecule has 3 heteroatoms. The summed E-state index contributed by atoms with van der Waals surface area (Å²) in [7, 11) is 1.67. The van der Waals surface area contributed by atoms with Crippen LogP contribution in [0.3, 0.4) is 0 Å². The second kappa shape index (κ2) is 3.62. The predicted molar refractivity (Wildman–Crippen MR) is 56.4 cm³/mol. The molecule has 0 heterocycles. The molecule has 74 valence electrons. The maximum absolute atomic E-state index is 11.3. The number of hydrogen-bond donors (Lipinski definition) is 1. The van der Waals surface area contributed by atoms with Crippen LogP contribution in [-0.2, 0) is 4.79 Å². The van der Waals surface area contributed by atoms with E-state index in [-0.39, 0.29) is 11.8 Å². The first-order valence-electron chi connectivity index (χ1n) is 4.70. The normalized spacial score (nSPS) is 24.4. The molecule has 0 aliphatic heterocycles. The molecule has 1 aromatic rings. The molecular weight excluding hydrogens is 198 g/mol. The number of amides is 1. The Morgan fingerprint density at radius 2 is 2.21 bits per heavy atom. The first-order chi connectivity index (χ1) is 6.74. The Morgan fingerprint density at radius 1 is 1.50 bits per heavy atom. The Balaban J connectivity index is 2.13. The summed E-state index contributed by atoms with van der Waals surface area (Å²) >= 11 is 6.04. The number of carbonyl (C=O) groups is 1. The lowest BCUT2D eigenvalue weighted by molar-refractivity contribution is -0.121. The van der Waals surface area contributed by atoms with Crippen LogP contribution in [0.25, 0.3) is 0 Å². The van der Waals surface area contributed by atoms with Crippen molar-refractivity contribution in [3.8, 4) is 0 Å². The van der Waals surface area contributed by atoms with Gasteiger partial charge in [-0.1, -0.05) is 29.8 Å². The van der Waals surface area contributed by atoms with Gasteiger partial charge in [-0.15, -0.1) is 0 Å². The fraction of sp³-hybridized carbons (Fsp3) is 0.364. The second-order valence-corrected chi connectivity index (χ2v) is 3.99. The fourth-order valence-electron chi connectivity index (χ4n) is 1.79. The van der Waals surface area contributed by atoms with Crippen molar-refractivity contribution in [3.63, 3.8) is 0 Å². The van der Waals surface area contributed by atoms with Gasteiger partial charge in [0.05, 0.1) is 0 Å². The largest absolute Gasteiger partial charge is 0.359 e. The lowest BCUT2D eigenvalue weighted by Gasteiger charge is -2.02. The molecule has 1 aromatic carbocycles. The molecule has 0 aromatic heterocycles. The Labute approximate surface area is 88.3 Å². The van der Waals surface area contributed by atoms with E-state index in [0.717, 1.165) is 17.0 Å². The van der Waals surface area contributed by atoms with Gasteiger partial charge >= 0.3 is 0 Å². The van der Waals surface area contributed by atoms with E-state index in [1.54, 1.807) is 7.05 Å². The zero-order valence-corrected chi connectivity index (χ0v) is 8.71. The number of hydrogen-bond acceptors (Lipinski definition) is 1. The lowest BCUT2D eigenvalue weighted by Crippen LogP contribution is -2.20. The highest BCUT2D eigenvalue weighted by molar-refractivity contribution is 6.31. The Morgan fingerprint density at radius 3 is 2.86 bits per heavy atom. The summed E-state index contributed by atoms with van der Waals surface area (Å²) in [6.07, 6.45) is 0.920. The molecule has 2 atom stereocenters. The number of halogens is 1. The fourth-order valence-corrected chi connectivity index (χ4v) is 2.07. The maximum Gasteiger partial charge on any atom is 0.223 e. The highest BCUT2D eigenvalue weighted by atomic mass is 35.5. The van der Waals surface area contributed by atoms with E-state index in [9.17, 15) is 4.79 Å². The Kier molecular flexibility index (Phi) is 2.46. The summed E-state index contributed by atoms with van der Waals surface area (Å²) in [5.74, 6) is 0.568. The summed E-state index contributed by atoms with van der Waals surface area (Å²) in [6.45, 7) is 0. The lowest BCUT2D eigenvalue weighted by atomic mass is 10.1. The van der Waals surface area contributed by atoms with Gasteiger partial charge in [0.2, 0.25) is 5.91 Å². The van der Waals surface area contributed by atoms with E-state index in [2.05, 4.69) is 5.32 Å². The number of benzene rings is 1. The van der Waals surface area contributed by atoms with Crippen molar-refractivity contribution in [2.45, 2.75) is 12.3 Å². The second-order valence-electron chi connectivity index (χ2n) is 3.58. The smallest absolute Gasteiger partial charge is 0.223 e. The molecule has 0 radical (unpaired) electrons. The van der Waals surface area contributed by atoms with Crippen LogP contribution in [0.1, 0.15) is 17.9 Å². The summed E-state index contributed by atoms with van der Waals surface area (Å²) in [5.41, 5.74) is 1.10. The molecule has 1 aliphatic rings. The SMILES string of the molecule is CNC(=O)C1CC1c1ccccc1Cl. The van der Waals surface area contributed by atoms with Crippen LogP contribution in [0.4, 0.5) is 0 Å². The molecule has 2 nitrogen and oxygen atoms in total. The van der Waals surface area contributed by atoms with Gasteiger partial charge in [-0.25, -0.2) is 0 Å². The van der Waals surface area contributed by atoms with E-state index < -0.39 is 0 Å². The van der Waals surface area contributed by atoms with Crippen LogP contribution in [0, 0.1) is 5.92 Å². The van der Waals surface area contributed by atoms with Gasteiger partial charge in [-0.3, -0.25) is 4.79 Å². The molecular formula is C11H12ClNO. The molecule has 14 heavy (non-hydrogen) atoms. The molecule has 0 spiro atoms. The minimum absolute atomic E-state index is 0.120. The predicted octanol–water partition coefficient (Wildman–Crippen LogP) is 2.19. The zero-order valence-electron chi connectivity index (χ0n) is 7.96. The number of carbonyl (C=O) groups excluding carboxylic acids is 1. The van der Waals surface area contributed by atoms with E-state index in [0.29, 0.717) is 5.92 Å². The quantitative estimate of drug-likeness (QED) is 0.795. The van der Waals surface area contributed by atoms with Crippen molar-refractivity contribution in [2.24, 2.45) is 5.92 Å². The van der Waals surface area contributed by atoms with Crippen LogP contribution in [-0.4, -0.2) is 13.0 Å². The van der Waals surface area contributed by atoms with Crippen molar-refractivity contribution < 1.29 is 4.79 Å². The van der Waals surface area contributed by atoms with E-state index >= 15 is 0 Å².